The first-order chi connectivity index (χ1) is 13.3. The predicted octanol–water partition coefficient (Wildman–Crippen LogP) is 4.93. The van der Waals surface area contributed by atoms with E-state index in [9.17, 15) is 9.59 Å². The molecule has 0 aromatic carbocycles. The molecule has 6 nitrogen and oxygen atoms in total. The number of halogens is 3. The number of ether oxygens (including phenoxy) is 1. The maximum Gasteiger partial charge on any atom is 0.341 e. The third-order valence-electron chi connectivity index (χ3n) is 4.27. The molecule has 0 saturated carbocycles. The van der Waals surface area contributed by atoms with Gasteiger partial charge in [0.1, 0.15) is 11.2 Å². The van der Waals surface area contributed by atoms with Crippen LogP contribution in [0.15, 0.2) is 22.8 Å². The first-order valence-corrected chi connectivity index (χ1v) is 10.8. The zero-order chi connectivity index (χ0) is 20.3. The second-order valence-corrected chi connectivity index (χ2v) is 9.68. The highest BCUT2D eigenvalue weighted by Gasteiger charge is 2.37. The molecule has 0 saturated heterocycles. The number of fused-ring (bicyclic) bond motifs is 1. The Bertz CT molecular complexity index is 846. The molecule has 0 aliphatic heterocycles. The summed E-state index contributed by atoms with van der Waals surface area (Å²) in [4.78, 5) is 26.1. The molecule has 0 unspecified atom stereocenters. The number of aryl methyl sites for hydroxylation is 1. The Balaban J connectivity index is 1.91. The van der Waals surface area contributed by atoms with Crippen LogP contribution >= 0.6 is 46.1 Å². The molecule has 0 fully saturated rings. The van der Waals surface area contributed by atoms with Crippen molar-refractivity contribution in [3.63, 3.8) is 0 Å². The van der Waals surface area contributed by atoms with E-state index in [1.165, 1.54) is 23.7 Å². The maximum atomic E-state index is 12.6. The van der Waals surface area contributed by atoms with Gasteiger partial charge in [0.05, 0.1) is 18.4 Å². The fourth-order valence-electron chi connectivity index (χ4n) is 3.03. The monoisotopic (exact) mass is 464 g/mol. The molecular weight excluding hydrogens is 447 g/mol. The Labute approximate surface area is 181 Å². The van der Waals surface area contributed by atoms with E-state index in [0.29, 0.717) is 10.6 Å². The summed E-state index contributed by atoms with van der Waals surface area (Å²) in [5.74, 6) is -0.894. The minimum Gasteiger partial charge on any atom is -0.462 e. The van der Waals surface area contributed by atoms with Gasteiger partial charge < -0.3 is 19.8 Å². The number of alkyl halides is 3. The number of esters is 1. The van der Waals surface area contributed by atoms with Crippen LogP contribution in [0.1, 0.15) is 51.1 Å². The van der Waals surface area contributed by atoms with Crippen molar-refractivity contribution in [1.29, 1.82) is 0 Å². The van der Waals surface area contributed by atoms with Crippen molar-refractivity contribution in [2.75, 3.05) is 11.9 Å². The van der Waals surface area contributed by atoms with Crippen molar-refractivity contribution in [1.82, 2.24) is 5.32 Å². The molecule has 10 heteroatoms. The molecule has 1 aliphatic carbocycles. The largest absolute Gasteiger partial charge is 0.462 e. The van der Waals surface area contributed by atoms with Gasteiger partial charge in [0, 0.05) is 4.88 Å². The second-order valence-electron chi connectivity index (χ2n) is 6.21. The topological polar surface area (TPSA) is 80.6 Å². The van der Waals surface area contributed by atoms with Crippen molar-refractivity contribution in [3.05, 3.63) is 40.2 Å². The molecule has 3 rings (SSSR count). The average molecular weight is 466 g/mol. The standard InChI is InChI=1S/C18H19Cl3N2O4S/c1-2-26-16(25)13-10-6-3-4-8-12(10)28-15(13)23-17(18(19,20)21)22-14(24)11-7-5-9-27-11/h5,7,9,17,23H,2-4,6,8H2,1H3,(H,22,24)/t17-/m1/s1. The van der Waals surface area contributed by atoms with Crippen LogP contribution in [0, 0.1) is 0 Å². The van der Waals surface area contributed by atoms with Crippen LogP contribution in [0.2, 0.25) is 0 Å². The van der Waals surface area contributed by atoms with Crippen LogP contribution in [0.3, 0.4) is 0 Å². The lowest BCUT2D eigenvalue weighted by Gasteiger charge is -2.26. The van der Waals surface area contributed by atoms with E-state index in [2.05, 4.69) is 10.6 Å². The average Bonchev–Trinajstić information content (AvgIpc) is 3.28. The quantitative estimate of drug-likeness (QED) is 0.359. The van der Waals surface area contributed by atoms with Crippen LogP contribution in [-0.4, -0.2) is 28.4 Å². The van der Waals surface area contributed by atoms with Gasteiger partial charge in [0.15, 0.2) is 5.76 Å². The SMILES string of the molecule is CCOC(=O)c1c(N[C@@H](NC(=O)c2ccco2)C(Cl)(Cl)Cl)sc2c1CCCC2. The summed E-state index contributed by atoms with van der Waals surface area (Å²) in [7, 11) is 0. The number of nitrogens with one attached hydrogen (secondary N) is 2. The lowest BCUT2D eigenvalue weighted by molar-refractivity contribution is 0.0526. The first-order valence-electron chi connectivity index (χ1n) is 8.80. The Morgan fingerprint density at radius 1 is 1.32 bits per heavy atom. The summed E-state index contributed by atoms with van der Waals surface area (Å²) in [6.45, 7) is 2.00. The van der Waals surface area contributed by atoms with Gasteiger partial charge in [-0.3, -0.25) is 4.79 Å². The fourth-order valence-corrected chi connectivity index (χ4v) is 4.66. The minimum absolute atomic E-state index is 0.0807. The van der Waals surface area contributed by atoms with E-state index in [-0.39, 0.29) is 12.4 Å². The number of carbonyl (C=O) groups excluding carboxylic acids is 2. The van der Waals surface area contributed by atoms with E-state index in [0.717, 1.165) is 36.1 Å². The minimum atomic E-state index is -1.88. The molecule has 152 valence electrons. The van der Waals surface area contributed by atoms with Gasteiger partial charge in [-0.1, -0.05) is 34.8 Å². The van der Waals surface area contributed by atoms with Crippen molar-refractivity contribution < 1.29 is 18.7 Å². The number of furan rings is 1. The summed E-state index contributed by atoms with van der Waals surface area (Å²) >= 11 is 19.7. The lowest BCUT2D eigenvalue weighted by atomic mass is 9.95. The molecule has 0 bridgehead atoms. The zero-order valence-corrected chi connectivity index (χ0v) is 18.1. The first kappa shape index (κ1) is 21.3. The molecule has 2 aromatic heterocycles. The Hall–Kier alpha value is -1.41. The molecule has 2 heterocycles. The van der Waals surface area contributed by atoms with Gasteiger partial charge in [0.25, 0.3) is 5.91 Å². The molecular formula is C18H19Cl3N2O4S. The number of anilines is 1. The van der Waals surface area contributed by atoms with Crippen molar-refractivity contribution in [2.24, 2.45) is 0 Å². The number of amides is 1. The summed E-state index contributed by atoms with van der Waals surface area (Å²) in [6.07, 6.45) is 4.00. The molecule has 28 heavy (non-hydrogen) atoms. The van der Waals surface area contributed by atoms with Crippen LogP contribution in [0.4, 0.5) is 5.00 Å². The van der Waals surface area contributed by atoms with E-state index < -0.39 is 21.8 Å². The van der Waals surface area contributed by atoms with Crippen molar-refractivity contribution >= 4 is 63.0 Å². The lowest BCUT2D eigenvalue weighted by Crippen LogP contribution is -2.49. The Morgan fingerprint density at radius 2 is 2.07 bits per heavy atom. The number of rotatable bonds is 6. The number of hydrogen-bond donors (Lipinski definition) is 2. The highest BCUT2D eigenvalue weighted by molar-refractivity contribution is 7.16. The van der Waals surface area contributed by atoms with Crippen LogP contribution in [-0.2, 0) is 17.6 Å². The number of carbonyl (C=O) groups is 2. The van der Waals surface area contributed by atoms with E-state index in [1.54, 1.807) is 13.0 Å². The Kier molecular flexibility index (Phi) is 6.81. The molecule has 0 spiro atoms. The zero-order valence-electron chi connectivity index (χ0n) is 15.0. The van der Waals surface area contributed by atoms with Crippen LogP contribution in [0.5, 0.6) is 0 Å². The highest BCUT2D eigenvalue weighted by atomic mass is 35.6. The second kappa shape index (κ2) is 8.95. The van der Waals surface area contributed by atoms with Gasteiger partial charge in [-0.2, -0.15) is 0 Å². The molecule has 2 aromatic rings. The summed E-state index contributed by atoms with van der Waals surface area (Å²) in [5, 5.41) is 6.14. The van der Waals surface area contributed by atoms with E-state index >= 15 is 0 Å². The van der Waals surface area contributed by atoms with E-state index in [1.807, 2.05) is 0 Å². The smallest absolute Gasteiger partial charge is 0.341 e. The molecule has 0 radical (unpaired) electrons. The summed E-state index contributed by atoms with van der Waals surface area (Å²) < 4.78 is 8.43. The van der Waals surface area contributed by atoms with Gasteiger partial charge in [-0.15, -0.1) is 11.3 Å². The van der Waals surface area contributed by atoms with Gasteiger partial charge in [0.2, 0.25) is 3.79 Å². The molecule has 1 aliphatic rings. The van der Waals surface area contributed by atoms with Gasteiger partial charge in [-0.05, 0) is 50.3 Å². The third-order valence-corrected chi connectivity index (χ3v) is 6.15. The summed E-state index contributed by atoms with van der Waals surface area (Å²) in [5.41, 5.74) is 1.42. The maximum absolute atomic E-state index is 12.6. The van der Waals surface area contributed by atoms with Gasteiger partial charge >= 0.3 is 5.97 Å². The van der Waals surface area contributed by atoms with Gasteiger partial charge in [-0.25, -0.2) is 4.79 Å². The Morgan fingerprint density at radius 3 is 2.71 bits per heavy atom. The normalized spacial score (nSPS) is 14.9. The van der Waals surface area contributed by atoms with Crippen molar-refractivity contribution in [3.8, 4) is 0 Å². The van der Waals surface area contributed by atoms with Crippen LogP contribution < -0.4 is 10.6 Å². The number of thiophene rings is 1. The highest BCUT2D eigenvalue weighted by Crippen LogP contribution is 2.40. The molecule has 2 N–H and O–H groups in total. The predicted molar refractivity (Wildman–Crippen MR) is 111 cm³/mol. The third kappa shape index (κ3) is 4.76. The molecule has 1 atom stereocenters. The molecule has 1 amide bonds. The van der Waals surface area contributed by atoms with Crippen molar-refractivity contribution in [2.45, 2.75) is 42.6 Å². The fraction of sp³-hybridized carbons (Fsp3) is 0.444. The van der Waals surface area contributed by atoms with E-state index in [4.69, 9.17) is 44.0 Å². The number of hydrogen-bond acceptors (Lipinski definition) is 6. The van der Waals surface area contributed by atoms with Crippen LogP contribution in [0.25, 0.3) is 0 Å². The summed E-state index contributed by atoms with van der Waals surface area (Å²) in [6, 6.07) is 3.08.